The molecule has 158 valence electrons. The fraction of sp³-hybridized carbons (Fsp3) is 0.524. The van der Waals surface area contributed by atoms with Crippen LogP contribution >= 0.6 is 0 Å². The van der Waals surface area contributed by atoms with Gasteiger partial charge in [-0.1, -0.05) is 0 Å². The number of aryl methyl sites for hydroxylation is 2. The Bertz CT molecular complexity index is 901. The van der Waals surface area contributed by atoms with Crippen molar-refractivity contribution in [3.05, 3.63) is 41.7 Å². The monoisotopic (exact) mass is 419 g/mol. The molecular formula is C21H29N3O4S. The van der Waals surface area contributed by atoms with Crippen molar-refractivity contribution < 1.29 is 17.9 Å². The van der Waals surface area contributed by atoms with Crippen molar-refractivity contribution in [2.24, 2.45) is 0 Å². The second-order valence-electron chi connectivity index (χ2n) is 7.78. The van der Waals surface area contributed by atoms with Gasteiger partial charge >= 0.3 is 6.01 Å². The first kappa shape index (κ1) is 21.5. The van der Waals surface area contributed by atoms with Crippen molar-refractivity contribution in [3.8, 4) is 11.8 Å². The second-order valence-corrected chi connectivity index (χ2v) is 9.50. The molecule has 1 N–H and O–H groups in total. The van der Waals surface area contributed by atoms with Gasteiger partial charge in [-0.3, -0.25) is 0 Å². The molecule has 0 spiro atoms. The Morgan fingerprint density at radius 1 is 1.00 bits per heavy atom. The molecule has 7 nitrogen and oxygen atoms in total. The lowest BCUT2D eigenvalue weighted by Gasteiger charge is -2.28. The van der Waals surface area contributed by atoms with E-state index in [1.807, 2.05) is 33.8 Å². The molecule has 0 radical (unpaired) electrons. The van der Waals surface area contributed by atoms with Crippen LogP contribution < -0.4 is 14.2 Å². The largest absolute Gasteiger partial charge is 0.491 e. The normalized spacial score (nSPS) is 19.9. The summed E-state index contributed by atoms with van der Waals surface area (Å²) in [6.45, 7) is 7.68. The molecule has 3 rings (SSSR count). The Balaban J connectivity index is 1.54. The first-order valence-electron chi connectivity index (χ1n) is 9.99. The van der Waals surface area contributed by atoms with Crippen molar-refractivity contribution in [3.63, 3.8) is 0 Å². The smallest absolute Gasteiger partial charge is 0.317 e. The summed E-state index contributed by atoms with van der Waals surface area (Å²) in [5.74, 6) is 0.658. The Morgan fingerprint density at radius 2 is 1.59 bits per heavy atom. The van der Waals surface area contributed by atoms with E-state index in [0.717, 1.165) is 24.2 Å². The SMILES string of the molecule is Cc1cc(C)nc(OC2CCC(NS(=O)(=O)c3ccc(OC(C)C)cc3)CC2)n1. The number of rotatable bonds is 7. The molecular weight excluding hydrogens is 390 g/mol. The van der Waals surface area contributed by atoms with Gasteiger partial charge in [-0.15, -0.1) is 0 Å². The summed E-state index contributed by atoms with van der Waals surface area (Å²) in [5, 5.41) is 0. The number of ether oxygens (including phenoxy) is 2. The predicted molar refractivity (Wildman–Crippen MR) is 111 cm³/mol. The van der Waals surface area contributed by atoms with Crippen LogP contribution in [0.5, 0.6) is 11.8 Å². The summed E-state index contributed by atoms with van der Waals surface area (Å²) >= 11 is 0. The lowest BCUT2D eigenvalue weighted by Crippen LogP contribution is -2.39. The molecule has 0 amide bonds. The molecule has 1 fully saturated rings. The van der Waals surface area contributed by atoms with E-state index in [4.69, 9.17) is 9.47 Å². The molecule has 29 heavy (non-hydrogen) atoms. The minimum atomic E-state index is -3.56. The van der Waals surface area contributed by atoms with Crippen LogP contribution in [-0.2, 0) is 10.0 Å². The van der Waals surface area contributed by atoms with E-state index in [1.54, 1.807) is 24.3 Å². The number of nitrogens with zero attached hydrogens (tertiary/aromatic N) is 2. The Labute approximate surface area is 172 Å². The van der Waals surface area contributed by atoms with E-state index in [0.29, 0.717) is 24.6 Å². The Kier molecular flexibility index (Phi) is 6.74. The topological polar surface area (TPSA) is 90.4 Å². The van der Waals surface area contributed by atoms with Gasteiger partial charge in [-0.25, -0.2) is 23.1 Å². The molecule has 0 bridgehead atoms. The van der Waals surface area contributed by atoms with Gasteiger partial charge in [0.1, 0.15) is 11.9 Å². The zero-order valence-electron chi connectivity index (χ0n) is 17.4. The average molecular weight is 420 g/mol. The van der Waals surface area contributed by atoms with Crippen molar-refractivity contribution in [2.75, 3.05) is 0 Å². The summed E-state index contributed by atoms with van der Waals surface area (Å²) in [4.78, 5) is 8.88. The van der Waals surface area contributed by atoms with Gasteiger partial charge in [0, 0.05) is 17.4 Å². The van der Waals surface area contributed by atoms with Crippen molar-refractivity contribution >= 4 is 10.0 Å². The number of aromatic nitrogens is 2. The first-order valence-corrected chi connectivity index (χ1v) is 11.5. The molecule has 2 aromatic rings. The van der Waals surface area contributed by atoms with Crippen LogP contribution in [0.4, 0.5) is 0 Å². The standard InChI is InChI=1S/C21H29N3O4S/c1-14(2)27-18-9-11-20(12-10-18)29(25,26)24-17-5-7-19(8-6-17)28-21-22-15(3)13-16(4)23-21/h9-14,17,19,24H,5-8H2,1-4H3. The zero-order valence-corrected chi connectivity index (χ0v) is 18.2. The van der Waals surface area contributed by atoms with Gasteiger partial charge in [0.05, 0.1) is 11.0 Å². The fourth-order valence-corrected chi connectivity index (χ4v) is 4.76. The lowest BCUT2D eigenvalue weighted by molar-refractivity contribution is 0.131. The Hall–Kier alpha value is -2.19. The quantitative estimate of drug-likeness (QED) is 0.738. The van der Waals surface area contributed by atoms with E-state index in [1.165, 1.54) is 0 Å². The number of sulfonamides is 1. The number of hydrogen-bond donors (Lipinski definition) is 1. The minimum Gasteiger partial charge on any atom is -0.491 e. The third kappa shape index (κ3) is 6.14. The summed E-state index contributed by atoms with van der Waals surface area (Å²) in [7, 11) is -3.56. The van der Waals surface area contributed by atoms with E-state index >= 15 is 0 Å². The van der Waals surface area contributed by atoms with Crippen LogP contribution in [-0.4, -0.2) is 36.6 Å². The fourth-order valence-electron chi connectivity index (χ4n) is 3.45. The highest BCUT2D eigenvalue weighted by Crippen LogP contribution is 2.24. The van der Waals surface area contributed by atoms with Crippen LogP contribution in [0.2, 0.25) is 0 Å². The summed E-state index contributed by atoms with van der Waals surface area (Å²) in [6, 6.07) is 8.71. The van der Waals surface area contributed by atoms with Crippen LogP contribution in [0.15, 0.2) is 35.2 Å². The van der Waals surface area contributed by atoms with Crippen LogP contribution in [0.25, 0.3) is 0 Å². The zero-order chi connectivity index (χ0) is 21.0. The van der Waals surface area contributed by atoms with Gasteiger partial charge < -0.3 is 9.47 Å². The number of nitrogens with one attached hydrogen (secondary N) is 1. The Morgan fingerprint density at radius 3 is 2.14 bits per heavy atom. The predicted octanol–water partition coefficient (Wildman–Crippen LogP) is 3.55. The number of hydrogen-bond acceptors (Lipinski definition) is 6. The van der Waals surface area contributed by atoms with E-state index < -0.39 is 10.0 Å². The summed E-state index contributed by atoms with van der Waals surface area (Å²) in [5.41, 5.74) is 1.75. The summed E-state index contributed by atoms with van der Waals surface area (Å²) in [6.07, 6.45) is 2.98. The van der Waals surface area contributed by atoms with Crippen molar-refractivity contribution in [1.82, 2.24) is 14.7 Å². The maximum absolute atomic E-state index is 12.7. The summed E-state index contributed by atoms with van der Waals surface area (Å²) < 4.78 is 39.7. The molecule has 1 aliphatic carbocycles. The lowest BCUT2D eigenvalue weighted by atomic mass is 9.94. The molecule has 1 aromatic heterocycles. The van der Waals surface area contributed by atoms with Crippen LogP contribution in [0, 0.1) is 13.8 Å². The molecule has 0 saturated heterocycles. The third-order valence-electron chi connectivity index (χ3n) is 4.74. The second kappa shape index (κ2) is 9.09. The molecule has 0 aliphatic heterocycles. The van der Waals surface area contributed by atoms with Gasteiger partial charge in [-0.2, -0.15) is 0 Å². The van der Waals surface area contributed by atoms with Crippen LogP contribution in [0.1, 0.15) is 50.9 Å². The van der Waals surface area contributed by atoms with Gasteiger partial charge in [0.15, 0.2) is 0 Å². The minimum absolute atomic E-state index is 0.00409. The molecule has 0 atom stereocenters. The van der Waals surface area contributed by atoms with Crippen LogP contribution in [0.3, 0.4) is 0 Å². The third-order valence-corrected chi connectivity index (χ3v) is 6.27. The van der Waals surface area contributed by atoms with Gasteiger partial charge in [0.2, 0.25) is 10.0 Å². The van der Waals surface area contributed by atoms with Crippen molar-refractivity contribution in [2.45, 2.75) is 76.5 Å². The van der Waals surface area contributed by atoms with Gasteiger partial charge in [-0.05, 0) is 83.7 Å². The molecule has 1 aliphatic rings. The number of benzene rings is 1. The molecule has 1 aromatic carbocycles. The molecule has 0 unspecified atom stereocenters. The van der Waals surface area contributed by atoms with E-state index in [2.05, 4.69) is 14.7 Å². The highest BCUT2D eigenvalue weighted by Gasteiger charge is 2.27. The first-order chi connectivity index (χ1) is 13.7. The highest BCUT2D eigenvalue weighted by molar-refractivity contribution is 7.89. The molecule has 1 saturated carbocycles. The maximum Gasteiger partial charge on any atom is 0.317 e. The van der Waals surface area contributed by atoms with E-state index in [-0.39, 0.29) is 23.1 Å². The van der Waals surface area contributed by atoms with Gasteiger partial charge in [0.25, 0.3) is 0 Å². The average Bonchev–Trinajstić information content (AvgIpc) is 2.62. The molecule has 1 heterocycles. The maximum atomic E-state index is 12.7. The highest BCUT2D eigenvalue weighted by atomic mass is 32.2. The molecule has 8 heteroatoms. The van der Waals surface area contributed by atoms with Crippen molar-refractivity contribution in [1.29, 1.82) is 0 Å². The van der Waals surface area contributed by atoms with E-state index in [9.17, 15) is 8.42 Å².